The molecule has 0 aliphatic carbocycles. The summed E-state index contributed by atoms with van der Waals surface area (Å²) in [5.74, 6) is 0.338. The number of nitrogens with one attached hydrogen (secondary N) is 2. The van der Waals surface area contributed by atoms with Gasteiger partial charge in [0.25, 0.3) is 0 Å². The van der Waals surface area contributed by atoms with Crippen molar-refractivity contribution >= 4 is 17.6 Å². The van der Waals surface area contributed by atoms with Crippen LogP contribution in [0.1, 0.15) is 32.7 Å². The minimum Gasteiger partial charge on any atom is -0.355 e. The van der Waals surface area contributed by atoms with Crippen molar-refractivity contribution in [1.82, 2.24) is 15.1 Å². The number of carbonyl (C=O) groups is 2. The first-order chi connectivity index (χ1) is 8.56. The number of carbonyl (C=O) groups excluding carboxylic acids is 2. The van der Waals surface area contributed by atoms with Gasteiger partial charge in [-0.1, -0.05) is 0 Å². The van der Waals surface area contributed by atoms with E-state index in [-0.39, 0.29) is 23.8 Å². The molecule has 1 unspecified atom stereocenters. The van der Waals surface area contributed by atoms with Gasteiger partial charge in [0.2, 0.25) is 11.8 Å². The van der Waals surface area contributed by atoms with Crippen LogP contribution < -0.4 is 10.6 Å². The molecule has 2 N–H and O–H groups in total. The third-order valence-electron chi connectivity index (χ3n) is 3.02. The van der Waals surface area contributed by atoms with Crippen molar-refractivity contribution in [2.75, 3.05) is 11.9 Å². The van der Waals surface area contributed by atoms with E-state index < -0.39 is 0 Å². The first-order valence-corrected chi connectivity index (χ1v) is 6.19. The number of hydrogen-bond donors (Lipinski definition) is 2. The zero-order valence-electron chi connectivity index (χ0n) is 10.6. The number of anilines is 1. The lowest BCUT2D eigenvalue weighted by Gasteiger charge is -2.20. The minimum absolute atomic E-state index is 0.0168. The van der Waals surface area contributed by atoms with Crippen molar-refractivity contribution in [3.05, 3.63) is 12.3 Å². The van der Waals surface area contributed by atoms with Crippen LogP contribution in [0.5, 0.6) is 0 Å². The standard InChI is InChI=1S/C12H18N4O2/c1-8(2)16-6-5-10(15-16)14-12(18)9-3-4-11(17)13-7-9/h5-6,8-9H,3-4,7H2,1-2H3,(H,13,17)(H,14,15,18). The SMILES string of the molecule is CC(C)n1ccc(NC(=O)C2CCC(=O)NC2)n1. The van der Waals surface area contributed by atoms with Gasteiger partial charge in [0.15, 0.2) is 5.82 Å². The first kappa shape index (κ1) is 12.6. The molecule has 6 heteroatoms. The van der Waals surface area contributed by atoms with Gasteiger partial charge in [-0.25, -0.2) is 0 Å². The Bertz CT molecular complexity index is 443. The molecule has 2 heterocycles. The predicted molar refractivity (Wildman–Crippen MR) is 67.0 cm³/mol. The van der Waals surface area contributed by atoms with Gasteiger partial charge in [0, 0.05) is 31.3 Å². The molecule has 1 aromatic rings. The Morgan fingerprint density at radius 2 is 2.39 bits per heavy atom. The molecule has 0 bridgehead atoms. The lowest BCUT2D eigenvalue weighted by atomic mass is 9.98. The maximum Gasteiger partial charge on any atom is 0.230 e. The highest BCUT2D eigenvalue weighted by atomic mass is 16.2. The molecule has 0 radical (unpaired) electrons. The van der Waals surface area contributed by atoms with Crippen molar-refractivity contribution in [2.24, 2.45) is 5.92 Å². The highest BCUT2D eigenvalue weighted by Crippen LogP contribution is 2.14. The van der Waals surface area contributed by atoms with Crippen LogP contribution in [0.2, 0.25) is 0 Å². The minimum atomic E-state index is -0.160. The highest BCUT2D eigenvalue weighted by molar-refractivity contribution is 5.93. The van der Waals surface area contributed by atoms with E-state index in [1.54, 1.807) is 10.7 Å². The average Bonchev–Trinajstić information content (AvgIpc) is 2.78. The fourth-order valence-corrected chi connectivity index (χ4v) is 1.88. The van der Waals surface area contributed by atoms with Crippen LogP contribution in [0, 0.1) is 5.92 Å². The Morgan fingerprint density at radius 1 is 1.61 bits per heavy atom. The zero-order chi connectivity index (χ0) is 13.1. The molecule has 1 fully saturated rings. The zero-order valence-corrected chi connectivity index (χ0v) is 10.6. The number of nitrogens with zero attached hydrogens (tertiary/aromatic N) is 2. The largest absolute Gasteiger partial charge is 0.355 e. The van der Waals surface area contributed by atoms with Gasteiger partial charge < -0.3 is 10.6 Å². The van der Waals surface area contributed by atoms with Crippen LogP contribution in [0.15, 0.2) is 12.3 Å². The van der Waals surface area contributed by atoms with Crippen molar-refractivity contribution in [3.8, 4) is 0 Å². The molecule has 1 aliphatic heterocycles. The summed E-state index contributed by atoms with van der Waals surface area (Å²) in [6.45, 7) is 4.46. The summed E-state index contributed by atoms with van der Waals surface area (Å²) in [5.41, 5.74) is 0. The molecule has 2 amide bonds. The number of rotatable bonds is 3. The Balaban J connectivity index is 1.92. The van der Waals surface area contributed by atoms with E-state index in [1.807, 2.05) is 20.0 Å². The van der Waals surface area contributed by atoms with Crippen LogP contribution in [0.3, 0.4) is 0 Å². The van der Waals surface area contributed by atoms with E-state index in [0.29, 0.717) is 25.2 Å². The molecule has 2 rings (SSSR count). The van der Waals surface area contributed by atoms with Crippen LogP contribution in [-0.2, 0) is 9.59 Å². The third-order valence-corrected chi connectivity index (χ3v) is 3.02. The van der Waals surface area contributed by atoms with Crippen molar-refractivity contribution < 1.29 is 9.59 Å². The Kier molecular flexibility index (Phi) is 3.64. The maximum atomic E-state index is 11.9. The molecule has 0 saturated carbocycles. The summed E-state index contributed by atoms with van der Waals surface area (Å²) in [5, 5.41) is 9.73. The van der Waals surface area contributed by atoms with Gasteiger partial charge >= 0.3 is 0 Å². The number of hydrogen-bond acceptors (Lipinski definition) is 3. The van der Waals surface area contributed by atoms with Crippen molar-refractivity contribution in [3.63, 3.8) is 0 Å². The average molecular weight is 250 g/mol. The topological polar surface area (TPSA) is 76.0 Å². The van der Waals surface area contributed by atoms with Crippen LogP contribution in [-0.4, -0.2) is 28.1 Å². The molecule has 1 atom stereocenters. The van der Waals surface area contributed by atoms with E-state index >= 15 is 0 Å². The van der Waals surface area contributed by atoms with Crippen molar-refractivity contribution in [2.45, 2.75) is 32.7 Å². The summed E-state index contributed by atoms with van der Waals surface area (Å²) < 4.78 is 1.79. The van der Waals surface area contributed by atoms with Crippen LogP contribution in [0.4, 0.5) is 5.82 Å². The van der Waals surface area contributed by atoms with Gasteiger partial charge in [-0.15, -0.1) is 0 Å². The summed E-state index contributed by atoms with van der Waals surface area (Å²) >= 11 is 0. The monoisotopic (exact) mass is 250 g/mol. The molecule has 98 valence electrons. The third kappa shape index (κ3) is 2.88. The first-order valence-electron chi connectivity index (χ1n) is 6.19. The van der Waals surface area contributed by atoms with Gasteiger partial charge in [0.05, 0.1) is 5.92 Å². The normalized spacial score (nSPS) is 19.7. The summed E-state index contributed by atoms with van der Waals surface area (Å²) in [7, 11) is 0. The molecule has 1 aromatic heterocycles. The number of aromatic nitrogens is 2. The summed E-state index contributed by atoms with van der Waals surface area (Å²) in [6, 6.07) is 2.05. The molecule has 18 heavy (non-hydrogen) atoms. The van der Waals surface area contributed by atoms with E-state index in [2.05, 4.69) is 15.7 Å². The lowest BCUT2D eigenvalue weighted by Crippen LogP contribution is -2.40. The fraction of sp³-hybridized carbons (Fsp3) is 0.583. The van der Waals surface area contributed by atoms with Gasteiger partial charge in [-0.3, -0.25) is 14.3 Å². The smallest absolute Gasteiger partial charge is 0.230 e. The van der Waals surface area contributed by atoms with Gasteiger partial charge in [-0.05, 0) is 20.3 Å². The second kappa shape index (κ2) is 5.20. The number of amides is 2. The van der Waals surface area contributed by atoms with E-state index in [9.17, 15) is 9.59 Å². The highest BCUT2D eigenvalue weighted by Gasteiger charge is 2.24. The molecule has 1 aliphatic rings. The molecule has 0 spiro atoms. The van der Waals surface area contributed by atoms with E-state index in [4.69, 9.17) is 0 Å². The predicted octanol–water partition coefficient (Wildman–Crippen LogP) is 0.929. The Labute approximate surface area is 106 Å². The summed E-state index contributed by atoms with van der Waals surface area (Å²) in [6.07, 6.45) is 2.85. The molecule has 1 saturated heterocycles. The Morgan fingerprint density at radius 3 is 2.94 bits per heavy atom. The lowest BCUT2D eigenvalue weighted by molar-refractivity contribution is -0.126. The van der Waals surface area contributed by atoms with E-state index in [1.165, 1.54) is 0 Å². The fourth-order valence-electron chi connectivity index (χ4n) is 1.88. The second-order valence-corrected chi connectivity index (χ2v) is 4.80. The number of piperidine rings is 1. The van der Waals surface area contributed by atoms with Gasteiger partial charge in [-0.2, -0.15) is 5.10 Å². The molecular formula is C12H18N4O2. The maximum absolute atomic E-state index is 11.9. The quantitative estimate of drug-likeness (QED) is 0.837. The molecular weight excluding hydrogens is 232 g/mol. The molecule has 6 nitrogen and oxygen atoms in total. The van der Waals surface area contributed by atoms with E-state index in [0.717, 1.165) is 0 Å². The van der Waals surface area contributed by atoms with Crippen LogP contribution in [0.25, 0.3) is 0 Å². The van der Waals surface area contributed by atoms with Crippen molar-refractivity contribution in [1.29, 1.82) is 0 Å². The Hall–Kier alpha value is -1.85. The second-order valence-electron chi connectivity index (χ2n) is 4.80. The van der Waals surface area contributed by atoms with Gasteiger partial charge in [0.1, 0.15) is 0 Å². The molecule has 0 aromatic carbocycles. The summed E-state index contributed by atoms with van der Waals surface area (Å²) in [4.78, 5) is 23.0. The van der Waals surface area contributed by atoms with Crippen LogP contribution >= 0.6 is 0 Å².